The van der Waals surface area contributed by atoms with E-state index in [-0.39, 0.29) is 18.3 Å². The Hall–Kier alpha value is -3.14. The second-order valence-electron chi connectivity index (χ2n) is 10.1. The minimum absolute atomic E-state index is 0.363. The van der Waals surface area contributed by atoms with Gasteiger partial charge in [0.15, 0.2) is 0 Å². The van der Waals surface area contributed by atoms with Crippen molar-refractivity contribution in [1.29, 1.82) is 0 Å². The Balaban J connectivity index is 1.68. The van der Waals surface area contributed by atoms with Crippen molar-refractivity contribution >= 4 is 12.6 Å². The summed E-state index contributed by atoms with van der Waals surface area (Å²) in [7, 11) is -0.376. The van der Waals surface area contributed by atoms with Crippen molar-refractivity contribution < 1.29 is 9.31 Å². The highest BCUT2D eigenvalue weighted by molar-refractivity contribution is 6.62. The molecule has 4 aromatic rings. The highest BCUT2D eigenvalue weighted by Crippen LogP contribution is 2.45. The first-order chi connectivity index (χ1) is 16.3. The first-order valence-electron chi connectivity index (χ1n) is 12.0. The van der Waals surface area contributed by atoms with Gasteiger partial charge in [0.05, 0.1) is 16.6 Å². The summed E-state index contributed by atoms with van der Waals surface area (Å²) in [5, 5.41) is 0. The van der Waals surface area contributed by atoms with Gasteiger partial charge >= 0.3 is 7.12 Å². The molecule has 0 saturated carbocycles. The van der Waals surface area contributed by atoms with Crippen LogP contribution in [0.3, 0.4) is 0 Å². The molecule has 5 rings (SSSR count). The summed E-state index contributed by atoms with van der Waals surface area (Å²) in [6.07, 6.45) is 0. The normalized spacial score (nSPS) is 17.0. The summed E-state index contributed by atoms with van der Waals surface area (Å²) >= 11 is 0. The summed E-state index contributed by atoms with van der Waals surface area (Å²) < 4.78 is 12.6. The lowest BCUT2D eigenvalue weighted by Crippen LogP contribution is -2.41. The lowest BCUT2D eigenvalue weighted by atomic mass is 9.64. The molecule has 1 aliphatic rings. The van der Waals surface area contributed by atoms with Crippen molar-refractivity contribution in [3.8, 4) is 0 Å². The van der Waals surface area contributed by atoms with E-state index >= 15 is 0 Å². The fourth-order valence-electron chi connectivity index (χ4n) is 4.93. The van der Waals surface area contributed by atoms with Gasteiger partial charge in [0.2, 0.25) is 0 Å². The molecule has 0 amide bonds. The van der Waals surface area contributed by atoms with Gasteiger partial charge in [0, 0.05) is 0 Å². The molecule has 0 spiro atoms. The molecule has 0 radical (unpaired) electrons. The van der Waals surface area contributed by atoms with Gasteiger partial charge in [0.1, 0.15) is 0 Å². The van der Waals surface area contributed by atoms with Gasteiger partial charge in [-0.25, -0.2) is 0 Å². The molecule has 34 heavy (non-hydrogen) atoms. The summed E-state index contributed by atoms with van der Waals surface area (Å²) in [6.45, 7) is 8.36. The zero-order valence-corrected chi connectivity index (χ0v) is 20.4. The number of benzene rings is 4. The average Bonchev–Trinajstić information content (AvgIpc) is 3.09. The quantitative estimate of drug-likeness (QED) is 0.262. The first-order valence-corrected chi connectivity index (χ1v) is 12.0. The predicted octanol–water partition coefficient (Wildman–Crippen LogP) is 6.37. The maximum atomic E-state index is 6.31. The molecule has 2 nitrogen and oxygen atoms in total. The third kappa shape index (κ3) is 3.70. The van der Waals surface area contributed by atoms with Crippen LogP contribution in [0, 0.1) is 0 Å². The molecule has 0 N–H and O–H groups in total. The Morgan fingerprint density at radius 2 is 0.794 bits per heavy atom. The van der Waals surface area contributed by atoms with Crippen LogP contribution < -0.4 is 5.46 Å². The molecular weight excluding hydrogens is 415 g/mol. The van der Waals surface area contributed by atoms with E-state index in [2.05, 4.69) is 143 Å². The second kappa shape index (κ2) is 8.58. The summed E-state index contributed by atoms with van der Waals surface area (Å²) in [4.78, 5) is 0. The Kier molecular flexibility index (Phi) is 5.71. The van der Waals surface area contributed by atoms with Gasteiger partial charge in [-0.05, 0) is 55.4 Å². The molecule has 1 fully saturated rings. The van der Waals surface area contributed by atoms with Crippen LogP contribution in [0.2, 0.25) is 0 Å². The monoisotopic (exact) mass is 446 g/mol. The van der Waals surface area contributed by atoms with Crippen LogP contribution in [-0.2, 0) is 14.7 Å². The van der Waals surface area contributed by atoms with Crippen molar-refractivity contribution in [1.82, 2.24) is 0 Å². The van der Waals surface area contributed by atoms with E-state index in [0.717, 1.165) is 5.46 Å². The maximum Gasteiger partial charge on any atom is 0.494 e. The average molecular weight is 446 g/mol. The third-order valence-corrected chi connectivity index (χ3v) is 7.49. The summed E-state index contributed by atoms with van der Waals surface area (Å²) in [5.74, 6) is 0. The smallest absolute Gasteiger partial charge is 0.399 e. The van der Waals surface area contributed by atoms with Crippen molar-refractivity contribution in [2.24, 2.45) is 0 Å². The number of hydrogen-bond donors (Lipinski definition) is 0. The van der Waals surface area contributed by atoms with Crippen molar-refractivity contribution in [3.63, 3.8) is 0 Å². The molecule has 1 aliphatic heterocycles. The van der Waals surface area contributed by atoms with E-state index in [1.54, 1.807) is 0 Å². The molecule has 0 aliphatic carbocycles. The zero-order valence-electron chi connectivity index (χ0n) is 20.4. The molecule has 0 aromatic heterocycles. The fourth-order valence-corrected chi connectivity index (χ4v) is 4.93. The summed E-state index contributed by atoms with van der Waals surface area (Å²) in [5.41, 5.74) is 4.76. The fraction of sp³-hybridized carbons (Fsp3) is 0.226. The van der Waals surface area contributed by atoms with Crippen LogP contribution in [0.1, 0.15) is 49.9 Å². The molecule has 0 bridgehead atoms. The molecule has 1 heterocycles. The lowest BCUT2D eigenvalue weighted by molar-refractivity contribution is 0.00578. The third-order valence-electron chi connectivity index (χ3n) is 7.49. The van der Waals surface area contributed by atoms with Gasteiger partial charge in [-0.1, -0.05) is 115 Å². The minimum Gasteiger partial charge on any atom is -0.399 e. The largest absolute Gasteiger partial charge is 0.494 e. The molecule has 170 valence electrons. The van der Waals surface area contributed by atoms with Crippen LogP contribution in [0.5, 0.6) is 0 Å². The van der Waals surface area contributed by atoms with Crippen molar-refractivity contribution in [3.05, 3.63) is 138 Å². The highest BCUT2D eigenvalue weighted by atomic mass is 16.7. The van der Waals surface area contributed by atoms with E-state index in [1.807, 2.05) is 0 Å². The van der Waals surface area contributed by atoms with Gasteiger partial charge in [-0.15, -0.1) is 0 Å². The molecule has 0 unspecified atom stereocenters. The Labute approximate surface area is 203 Å². The van der Waals surface area contributed by atoms with Gasteiger partial charge < -0.3 is 9.31 Å². The van der Waals surface area contributed by atoms with Gasteiger partial charge in [-0.2, -0.15) is 0 Å². The number of hydrogen-bond acceptors (Lipinski definition) is 2. The molecule has 4 aromatic carbocycles. The van der Waals surface area contributed by atoms with E-state index in [9.17, 15) is 0 Å². The van der Waals surface area contributed by atoms with Crippen LogP contribution in [0.25, 0.3) is 0 Å². The Bertz CT molecular complexity index is 1120. The molecular formula is C31H31BO2. The van der Waals surface area contributed by atoms with Gasteiger partial charge in [0.25, 0.3) is 0 Å². The number of rotatable bonds is 5. The van der Waals surface area contributed by atoms with Crippen molar-refractivity contribution in [2.75, 3.05) is 0 Å². The standard InChI is InChI=1S/C31H31BO2/c1-29(2)30(3,4)34-32(33-29)28-22-20-27(21-23-28)31(24-14-8-5-9-15-24,25-16-10-6-11-17-25)26-18-12-7-13-19-26/h5-23H,1-4H3. The van der Waals surface area contributed by atoms with Gasteiger partial charge in [-0.3, -0.25) is 0 Å². The van der Waals surface area contributed by atoms with Crippen LogP contribution >= 0.6 is 0 Å². The second-order valence-corrected chi connectivity index (χ2v) is 10.1. The Morgan fingerprint density at radius 3 is 1.15 bits per heavy atom. The minimum atomic E-state index is -0.446. The lowest BCUT2D eigenvalue weighted by Gasteiger charge is -2.37. The summed E-state index contributed by atoms with van der Waals surface area (Å²) in [6, 6.07) is 41.1. The molecule has 0 atom stereocenters. The highest BCUT2D eigenvalue weighted by Gasteiger charge is 2.51. The van der Waals surface area contributed by atoms with E-state index in [0.29, 0.717) is 0 Å². The predicted molar refractivity (Wildman–Crippen MR) is 140 cm³/mol. The van der Waals surface area contributed by atoms with Crippen molar-refractivity contribution in [2.45, 2.75) is 44.3 Å². The van der Waals surface area contributed by atoms with Crippen LogP contribution in [-0.4, -0.2) is 18.3 Å². The van der Waals surface area contributed by atoms with Crippen LogP contribution in [0.4, 0.5) is 0 Å². The SMILES string of the molecule is CC1(C)OB(c2ccc(C(c3ccccc3)(c3ccccc3)c3ccccc3)cc2)OC1(C)C. The maximum absolute atomic E-state index is 6.31. The Morgan fingerprint density at radius 1 is 0.471 bits per heavy atom. The van der Waals surface area contributed by atoms with E-state index in [1.165, 1.54) is 22.3 Å². The zero-order chi connectivity index (χ0) is 23.8. The van der Waals surface area contributed by atoms with E-state index < -0.39 is 5.41 Å². The van der Waals surface area contributed by atoms with Crippen LogP contribution in [0.15, 0.2) is 115 Å². The van der Waals surface area contributed by atoms with E-state index in [4.69, 9.17) is 9.31 Å². The first kappa shape index (κ1) is 22.6. The molecule has 1 saturated heterocycles. The molecule has 3 heteroatoms. The topological polar surface area (TPSA) is 18.5 Å².